The highest BCUT2D eigenvalue weighted by Crippen LogP contribution is 2.19. The van der Waals surface area contributed by atoms with Crippen LogP contribution in [0.4, 0.5) is 5.69 Å². The van der Waals surface area contributed by atoms with Gasteiger partial charge in [0.2, 0.25) is 0 Å². The molecule has 1 aliphatic rings. The fourth-order valence-corrected chi connectivity index (χ4v) is 2.91. The molecule has 0 radical (unpaired) electrons. The predicted molar refractivity (Wildman–Crippen MR) is 91.3 cm³/mol. The van der Waals surface area contributed by atoms with Crippen LogP contribution in [0.1, 0.15) is 38.7 Å². The summed E-state index contributed by atoms with van der Waals surface area (Å²) in [7, 11) is 0. The highest BCUT2D eigenvalue weighted by molar-refractivity contribution is 5.84. The lowest BCUT2D eigenvalue weighted by Crippen LogP contribution is -2.53. The Hall–Kier alpha value is -2.22. The highest BCUT2D eigenvalue weighted by atomic mass is 16.2. The topological polar surface area (TPSA) is 59.4 Å². The van der Waals surface area contributed by atoms with Gasteiger partial charge in [-0.2, -0.15) is 5.26 Å². The van der Waals surface area contributed by atoms with Gasteiger partial charge in [-0.05, 0) is 49.8 Å². The number of hydrogen-bond donors (Lipinski definition) is 1. The van der Waals surface area contributed by atoms with Crippen LogP contribution >= 0.6 is 0 Å². The van der Waals surface area contributed by atoms with Crippen LogP contribution in [-0.2, 0) is 4.79 Å². The van der Waals surface area contributed by atoms with Gasteiger partial charge >= 0.3 is 0 Å². The highest BCUT2D eigenvalue weighted by Gasteiger charge is 2.30. The van der Waals surface area contributed by atoms with E-state index in [9.17, 15) is 10.1 Å². The first-order valence-electron chi connectivity index (χ1n) is 8.33. The summed E-state index contributed by atoms with van der Waals surface area (Å²) in [5.41, 5.74) is 2.10. The van der Waals surface area contributed by atoms with Crippen LogP contribution in [0.2, 0.25) is 0 Å². The number of anilines is 1. The average Bonchev–Trinajstić information content (AvgIpc) is 2.53. The van der Waals surface area contributed by atoms with Crippen molar-refractivity contribution >= 4 is 11.6 Å². The molecule has 0 aliphatic carbocycles. The largest absolute Gasteiger partial charge is 0.374 e. The zero-order valence-corrected chi connectivity index (χ0v) is 14.2. The zero-order valence-electron chi connectivity index (χ0n) is 14.2. The Balaban J connectivity index is 2.16. The minimum Gasteiger partial charge on any atom is -0.374 e. The minimum atomic E-state index is -0.314. The van der Waals surface area contributed by atoms with Gasteiger partial charge in [0.05, 0.1) is 6.54 Å². The van der Waals surface area contributed by atoms with Crippen LogP contribution in [-0.4, -0.2) is 35.1 Å². The molecule has 0 spiro atoms. The first-order valence-corrected chi connectivity index (χ1v) is 8.33. The molecule has 1 aliphatic heterocycles. The normalized spacial score (nSPS) is 16.1. The Morgan fingerprint density at radius 2 is 2.09 bits per heavy atom. The van der Waals surface area contributed by atoms with E-state index in [4.69, 9.17) is 0 Å². The summed E-state index contributed by atoms with van der Waals surface area (Å²) in [5, 5.41) is 15.7. The molecule has 1 fully saturated rings. The number of carbonyl (C=O) groups is 1. The second-order valence-corrected chi connectivity index (χ2v) is 6.59. The molecule has 5 heteroatoms. The maximum Gasteiger partial charge on any atom is 0.264 e. The van der Waals surface area contributed by atoms with Crippen molar-refractivity contribution in [3.63, 3.8) is 0 Å². The third kappa shape index (κ3) is 4.62. The van der Waals surface area contributed by atoms with Gasteiger partial charge in [0.25, 0.3) is 5.91 Å². The average molecular weight is 314 g/mol. The Labute approximate surface area is 138 Å². The molecular weight excluding hydrogens is 288 g/mol. The second kappa shape index (κ2) is 7.87. The second-order valence-electron chi connectivity index (χ2n) is 6.59. The monoisotopic (exact) mass is 314 g/mol. The van der Waals surface area contributed by atoms with Gasteiger partial charge in [-0.15, -0.1) is 0 Å². The Bertz CT molecular complexity index is 579. The molecule has 2 rings (SSSR count). The van der Waals surface area contributed by atoms with E-state index in [1.807, 2.05) is 31.2 Å². The van der Waals surface area contributed by atoms with Gasteiger partial charge in [-0.1, -0.05) is 26.0 Å². The molecule has 1 heterocycles. The van der Waals surface area contributed by atoms with Crippen molar-refractivity contribution in [3.8, 4) is 6.19 Å². The van der Waals surface area contributed by atoms with E-state index in [2.05, 4.69) is 25.4 Å². The van der Waals surface area contributed by atoms with E-state index in [-0.39, 0.29) is 11.9 Å². The summed E-state index contributed by atoms with van der Waals surface area (Å²) < 4.78 is 0. The molecule has 23 heavy (non-hydrogen) atoms. The number of amides is 1. The smallest absolute Gasteiger partial charge is 0.264 e. The molecule has 0 saturated carbocycles. The van der Waals surface area contributed by atoms with Crippen molar-refractivity contribution < 1.29 is 4.79 Å². The molecule has 124 valence electrons. The SMILES string of the molecule is Cc1cccc(NC(CC(C)C)C(=O)N2CCCCN2C#N)c1. The molecule has 1 atom stereocenters. The fraction of sp³-hybridized carbons (Fsp3) is 0.556. The Kier molecular flexibility index (Phi) is 5.86. The van der Waals surface area contributed by atoms with Crippen molar-refractivity contribution in [2.45, 2.75) is 46.1 Å². The minimum absolute atomic E-state index is 0.0125. The summed E-state index contributed by atoms with van der Waals surface area (Å²) in [6.45, 7) is 7.50. The van der Waals surface area contributed by atoms with Crippen LogP contribution in [0.25, 0.3) is 0 Å². The lowest BCUT2D eigenvalue weighted by atomic mass is 10.0. The van der Waals surface area contributed by atoms with E-state index >= 15 is 0 Å². The van der Waals surface area contributed by atoms with Crippen molar-refractivity contribution in [1.29, 1.82) is 5.26 Å². The number of carbonyl (C=O) groups excluding carboxylic acids is 1. The number of rotatable bonds is 5. The first kappa shape index (κ1) is 17.1. The van der Waals surface area contributed by atoms with Gasteiger partial charge in [0, 0.05) is 12.2 Å². The molecule has 5 nitrogen and oxygen atoms in total. The maximum absolute atomic E-state index is 13.0. The molecule has 0 aromatic heterocycles. The van der Waals surface area contributed by atoms with Crippen LogP contribution < -0.4 is 5.32 Å². The summed E-state index contributed by atoms with van der Waals surface area (Å²) >= 11 is 0. The van der Waals surface area contributed by atoms with Gasteiger partial charge in [-0.3, -0.25) is 4.79 Å². The molecule has 1 saturated heterocycles. The first-order chi connectivity index (χ1) is 11.0. The number of nitrogens with zero attached hydrogens (tertiary/aromatic N) is 3. The number of aryl methyl sites for hydroxylation is 1. The Morgan fingerprint density at radius 1 is 1.35 bits per heavy atom. The van der Waals surface area contributed by atoms with Crippen LogP contribution in [0.15, 0.2) is 24.3 Å². The van der Waals surface area contributed by atoms with Gasteiger partial charge in [0.1, 0.15) is 6.04 Å². The number of hydrogen-bond acceptors (Lipinski definition) is 4. The molecule has 1 amide bonds. The van der Waals surface area contributed by atoms with E-state index in [1.165, 1.54) is 5.01 Å². The lowest BCUT2D eigenvalue weighted by Gasteiger charge is -2.37. The van der Waals surface area contributed by atoms with Crippen LogP contribution in [0.5, 0.6) is 0 Å². The van der Waals surface area contributed by atoms with Gasteiger partial charge in [0.15, 0.2) is 6.19 Å². The lowest BCUT2D eigenvalue weighted by molar-refractivity contribution is -0.147. The summed E-state index contributed by atoms with van der Waals surface area (Å²) in [6, 6.07) is 7.72. The number of hydrazine groups is 1. The van der Waals surface area contributed by atoms with Gasteiger partial charge < -0.3 is 5.32 Å². The van der Waals surface area contributed by atoms with Crippen molar-refractivity contribution in [2.24, 2.45) is 5.92 Å². The molecule has 1 unspecified atom stereocenters. The maximum atomic E-state index is 13.0. The number of nitrogens with one attached hydrogen (secondary N) is 1. The standard InChI is InChI=1S/C18H26N4O/c1-14(2)11-17(20-16-8-6-7-15(3)12-16)18(23)22-10-5-4-9-21(22)13-19/h6-8,12,14,17,20H,4-5,9-11H2,1-3H3. The molecule has 1 aromatic rings. The molecule has 0 bridgehead atoms. The quantitative estimate of drug-likeness (QED) is 0.848. The van der Waals surface area contributed by atoms with E-state index in [0.717, 1.165) is 30.5 Å². The zero-order chi connectivity index (χ0) is 16.8. The summed E-state index contributed by atoms with van der Waals surface area (Å²) in [5.74, 6) is 0.378. The van der Waals surface area contributed by atoms with Crippen LogP contribution in [0, 0.1) is 24.3 Å². The summed E-state index contributed by atoms with van der Waals surface area (Å²) in [6.07, 6.45) is 4.77. The van der Waals surface area contributed by atoms with Crippen molar-refractivity contribution in [2.75, 3.05) is 18.4 Å². The van der Waals surface area contributed by atoms with E-state index in [0.29, 0.717) is 19.0 Å². The van der Waals surface area contributed by atoms with Crippen molar-refractivity contribution in [3.05, 3.63) is 29.8 Å². The van der Waals surface area contributed by atoms with Gasteiger partial charge in [-0.25, -0.2) is 10.0 Å². The molecule has 1 aromatic carbocycles. The number of benzene rings is 1. The van der Waals surface area contributed by atoms with Crippen LogP contribution in [0.3, 0.4) is 0 Å². The molecular formula is C18H26N4O. The predicted octanol–water partition coefficient (Wildman–Crippen LogP) is 3.14. The fourth-order valence-electron chi connectivity index (χ4n) is 2.91. The van der Waals surface area contributed by atoms with E-state index < -0.39 is 0 Å². The molecule has 1 N–H and O–H groups in total. The third-order valence-electron chi connectivity index (χ3n) is 4.02. The Morgan fingerprint density at radius 3 is 2.74 bits per heavy atom. The van der Waals surface area contributed by atoms with Crippen molar-refractivity contribution in [1.82, 2.24) is 10.0 Å². The third-order valence-corrected chi connectivity index (χ3v) is 4.02. The summed E-state index contributed by atoms with van der Waals surface area (Å²) in [4.78, 5) is 13.0. The van der Waals surface area contributed by atoms with E-state index in [1.54, 1.807) is 5.01 Å². The number of nitriles is 1.